The van der Waals surface area contributed by atoms with E-state index in [-0.39, 0.29) is 18.2 Å². The molecular weight excluding hydrogens is 220 g/mol. The second-order valence-corrected chi connectivity index (χ2v) is 4.48. The van der Waals surface area contributed by atoms with E-state index in [1.54, 1.807) is 6.08 Å². The van der Waals surface area contributed by atoms with E-state index in [2.05, 4.69) is 5.32 Å². The number of carboxylic acids is 1. The zero-order chi connectivity index (χ0) is 13.3. The van der Waals surface area contributed by atoms with Crippen LogP contribution in [0, 0.1) is 11.8 Å². The van der Waals surface area contributed by atoms with Gasteiger partial charge < -0.3 is 16.2 Å². The van der Waals surface area contributed by atoms with Crippen LogP contribution in [0.15, 0.2) is 12.2 Å². The molecule has 0 aromatic carbocycles. The van der Waals surface area contributed by atoms with Crippen LogP contribution in [0.3, 0.4) is 0 Å². The molecule has 5 nitrogen and oxygen atoms in total. The van der Waals surface area contributed by atoms with Crippen LogP contribution in [0.5, 0.6) is 0 Å². The highest BCUT2D eigenvalue weighted by Gasteiger charge is 2.15. The van der Waals surface area contributed by atoms with Crippen LogP contribution in [-0.4, -0.2) is 30.1 Å². The van der Waals surface area contributed by atoms with Crippen molar-refractivity contribution >= 4 is 11.9 Å². The lowest BCUT2D eigenvalue weighted by Crippen LogP contribution is -2.30. The molecular formula is C12H22N2O3. The van der Waals surface area contributed by atoms with Crippen LogP contribution in [0.25, 0.3) is 0 Å². The van der Waals surface area contributed by atoms with Crippen LogP contribution in [0.1, 0.15) is 26.7 Å². The van der Waals surface area contributed by atoms with E-state index in [1.807, 2.05) is 13.8 Å². The first-order valence-corrected chi connectivity index (χ1v) is 5.82. The number of carbonyl (C=O) groups is 2. The van der Waals surface area contributed by atoms with Crippen molar-refractivity contribution in [3.05, 3.63) is 12.2 Å². The van der Waals surface area contributed by atoms with Crippen LogP contribution < -0.4 is 11.1 Å². The molecule has 0 heterocycles. The minimum atomic E-state index is -0.831. The van der Waals surface area contributed by atoms with Gasteiger partial charge in [-0.3, -0.25) is 9.59 Å². The van der Waals surface area contributed by atoms with Crippen molar-refractivity contribution in [2.75, 3.05) is 13.1 Å². The van der Waals surface area contributed by atoms with Gasteiger partial charge in [0.15, 0.2) is 0 Å². The maximum absolute atomic E-state index is 11.3. The summed E-state index contributed by atoms with van der Waals surface area (Å²) in [7, 11) is 0. The van der Waals surface area contributed by atoms with E-state index < -0.39 is 5.97 Å². The van der Waals surface area contributed by atoms with Gasteiger partial charge in [-0.05, 0) is 18.3 Å². The highest BCUT2D eigenvalue weighted by molar-refractivity contribution is 5.87. The van der Waals surface area contributed by atoms with E-state index in [0.29, 0.717) is 19.0 Å². The van der Waals surface area contributed by atoms with Gasteiger partial charge in [0.25, 0.3) is 0 Å². The molecule has 0 spiro atoms. The quantitative estimate of drug-likeness (QED) is 0.548. The average Bonchev–Trinajstić information content (AvgIpc) is 2.21. The maximum atomic E-state index is 11.3. The second kappa shape index (κ2) is 8.75. The molecule has 0 aliphatic heterocycles. The average molecular weight is 242 g/mol. The molecule has 0 saturated heterocycles. The molecule has 1 amide bonds. The van der Waals surface area contributed by atoms with Crippen LogP contribution in [-0.2, 0) is 9.59 Å². The number of amides is 1. The highest BCUT2D eigenvalue weighted by atomic mass is 16.4. The summed E-state index contributed by atoms with van der Waals surface area (Å²) in [6.07, 6.45) is 3.80. The topological polar surface area (TPSA) is 92.4 Å². The van der Waals surface area contributed by atoms with Gasteiger partial charge in [0.1, 0.15) is 0 Å². The van der Waals surface area contributed by atoms with Gasteiger partial charge in [-0.1, -0.05) is 19.9 Å². The van der Waals surface area contributed by atoms with Crippen molar-refractivity contribution in [2.45, 2.75) is 26.7 Å². The number of carboxylic acid groups (broad SMARTS) is 1. The fourth-order valence-corrected chi connectivity index (χ4v) is 1.63. The summed E-state index contributed by atoms with van der Waals surface area (Å²) in [6.45, 7) is 4.77. The molecule has 0 saturated carbocycles. The molecule has 0 rings (SSSR count). The molecule has 0 aliphatic carbocycles. The third kappa shape index (κ3) is 9.56. The number of rotatable bonds is 8. The molecule has 4 N–H and O–H groups in total. The predicted octanol–water partition coefficient (Wildman–Crippen LogP) is 0.755. The molecule has 98 valence electrons. The Morgan fingerprint density at radius 1 is 1.41 bits per heavy atom. The van der Waals surface area contributed by atoms with Crippen LogP contribution in [0.2, 0.25) is 0 Å². The molecule has 1 unspecified atom stereocenters. The summed E-state index contributed by atoms with van der Waals surface area (Å²) >= 11 is 0. The number of aliphatic carboxylic acids is 1. The minimum Gasteiger partial charge on any atom is -0.481 e. The normalized spacial score (nSPS) is 12.9. The molecule has 0 aliphatic rings. The first-order chi connectivity index (χ1) is 7.95. The number of carbonyl (C=O) groups excluding carboxylic acids is 1. The Morgan fingerprint density at radius 2 is 2.06 bits per heavy atom. The zero-order valence-electron chi connectivity index (χ0n) is 10.5. The molecule has 0 aromatic rings. The molecule has 0 radical (unpaired) electrons. The maximum Gasteiger partial charge on any atom is 0.303 e. The lowest BCUT2D eigenvalue weighted by Gasteiger charge is -2.17. The monoisotopic (exact) mass is 242 g/mol. The summed E-state index contributed by atoms with van der Waals surface area (Å²) in [4.78, 5) is 21.9. The largest absolute Gasteiger partial charge is 0.481 e. The van der Waals surface area contributed by atoms with Gasteiger partial charge in [0, 0.05) is 25.6 Å². The Morgan fingerprint density at radius 3 is 2.53 bits per heavy atom. The van der Waals surface area contributed by atoms with Gasteiger partial charge in [-0.2, -0.15) is 0 Å². The van der Waals surface area contributed by atoms with Crippen LogP contribution in [0.4, 0.5) is 0 Å². The fraction of sp³-hybridized carbons (Fsp3) is 0.667. The Kier molecular flexibility index (Phi) is 8.05. The van der Waals surface area contributed by atoms with Gasteiger partial charge >= 0.3 is 5.97 Å². The summed E-state index contributed by atoms with van der Waals surface area (Å²) in [6, 6.07) is 0. The minimum absolute atomic E-state index is 0.0253. The smallest absolute Gasteiger partial charge is 0.303 e. The standard InChI is InChI=1S/C12H22N2O3/c1-9(2)6-10(7-12(16)17)8-14-11(15)4-3-5-13/h3-4,9-10H,5-8,13H2,1-2H3,(H,14,15)(H,16,17)/b4-3+. The molecule has 1 atom stereocenters. The van der Waals surface area contributed by atoms with Crippen molar-refractivity contribution in [3.8, 4) is 0 Å². The fourth-order valence-electron chi connectivity index (χ4n) is 1.63. The Bertz CT molecular complexity index is 275. The van der Waals surface area contributed by atoms with Crippen molar-refractivity contribution in [2.24, 2.45) is 17.6 Å². The number of nitrogens with one attached hydrogen (secondary N) is 1. The van der Waals surface area contributed by atoms with Crippen molar-refractivity contribution < 1.29 is 14.7 Å². The summed E-state index contributed by atoms with van der Waals surface area (Å²) in [5.41, 5.74) is 5.22. The molecule has 0 fully saturated rings. The highest BCUT2D eigenvalue weighted by Crippen LogP contribution is 2.14. The predicted molar refractivity (Wildman–Crippen MR) is 66.4 cm³/mol. The number of hydrogen-bond donors (Lipinski definition) is 3. The second-order valence-electron chi connectivity index (χ2n) is 4.48. The van der Waals surface area contributed by atoms with E-state index in [9.17, 15) is 9.59 Å². The molecule has 0 aromatic heterocycles. The molecule has 17 heavy (non-hydrogen) atoms. The molecule has 0 bridgehead atoms. The van der Waals surface area contributed by atoms with Gasteiger partial charge in [-0.25, -0.2) is 0 Å². The van der Waals surface area contributed by atoms with Crippen molar-refractivity contribution in [3.63, 3.8) is 0 Å². The van der Waals surface area contributed by atoms with E-state index >= 15 is 0 Å². The van der Waals surface area contributed by atoms with E-state index in [4.69, 9.17) is 10.8 Å². The molecule has 5 heteroatoms. The number of nitrogens with two attached hydrogens (primary N) is 1. The Hall–Kier alpha value is -1.36. The zero-order valence-corrected chi connectivity index (χ0v) is 10.5. The van der Waals surface area contributed by atoms with Gasteiger partial charge in [0.05, 0.1) is 0 Å². The summed E-state index contributed by atoms with van der Waals surface area (Å²) in [5, 5.41) is 11.4. The number of hydrogen-bond acceptors (Lipinski definition) is 3. The van der Waals surface area contributed by atoms with E-state index in [0.717, 1.165) is 6.42 Å². The third-order valence-electron chi connectivity index (χ3n) is 2.24. The SMILES string of the molecule is CC(C)CC(CNC(=O)/C=C/CN)CC(=O)O. The van der Waals surface area contributed by atoms with Crippen molar-refractivity contribution in [1.29, 1.82) is 0 Å². The lowest BCUT2D eigenvalue weighted by atomic mass is 9.94. The Labute approximate surface area is 102 Å². The first-order valence-electron chi connectivity index (χ1n) is 5.82. The van der Waals surface area contributed by atoms with Gasteiger partial charge in [-0.15, -0.1) is 0 Å². The van der Waals surface area contributed by atoms with Gasteiger partial charge in [0.2, 0.25) is 5.91 Å². The van der Waals surface area contributed by atoms with Crippen LogP contribution >= 0.6 is 0 Å². The summed E-state index contributed by atoms with van der Waals surface area (Å²) < 4.78 is 0. The first kappa shape index (κ1) is 15.6. The van der Waals surface area contributed by atoms with Crippen molar-refractivity contribution in [1.82, 2.24) is 5.32 Å². The Balaban J connectivity index is 4.10. The summed E-state index contributed by atoms with van der Waals surface area (Å²) in [5.74, 6) is -0.671. The third-order valence-corrected chi connectivity index (χ3v) is 2.24. The lowest BCUT2D eigenvalue weighted by molar-refractivity contribution is -0.138. The van der Waals surface area contributed by atoms with E-state index in [1.165, 1.54) is 6.08 Å².